The number of aromatic nitrogens is 2. The van der Waals surface area contributed by atoms with E-state index in [1.54, 1.807) is 7.11 Å². The van der Waals surface area contributed by atoms with E-state index in [1.807, 2.05) is 28.8 Å². The van der Waals surface area contributed by atoms with Gasteiger partial charge in [-0.3, -0.25) is 0 Å². The van der Waals surface area contributed by atoms with E-state index < -0.39 is 11.7 Å². The molecule has 6 nitrogen and oxygen atoms in total. The second-order valence-corrected chi connectivity index (χ2v) is 7.47. The molecule has 2 N–H and O–H groups in total. The van der Waals surface area contributed by atoms with Crippen molar-refractivity contribution in [2.45, 2.75) is 6.54 Å². The largest absolute Gasteiger partial charge is 0.505 e. The van der Waals surface area contributed by atoms with Gasteiger partial charge in [0.1, 0.15) is 15.0 Å². The molecule has 25 heavy (non-hydrogen) atoms. The maximum Gasteiger partial charge on any atom is 0.358 e. The average Bonchev–Trinajstić information content (AvgIpc) is 2.84. The second kappa shape index (κ2) is 6.97. The normalized spacial score (nSPS) is 11.0. The van der Waals surface area contributed by atoms with Gasteiger partial charge in [-0.25, -0.2) is 9.78 Å². The summed E-state index contributed by atoms with van der Waals surface area (Å²) in [5.41, 5.74) is 1.13. The van der Waals surface area contributed by atoms with Gasteiger partial charge in [0.15, 0.2) is 11.4 Å². The van der Waals surface area contributed by atoms with E-state index in [0.29, 0.717) is 31.1 Å². The van der Waals surface area contributed by atoms with Gasteiger partial charge in [-0.2, -0.15) is 0 Å². The molecule has 0 atom stereocenters. The molecule has 0 aliphatic rings. The third-order valence-corrected chi connectivity index (χ3v) is 6.37. The molecular formula is C16H11Br3N2O4. The number of rotatable bonds is 4. The fourth-order valence-electron chi connectivity index (χ4n) is 2.56. The fourth-order valence-corrected chi connectivity index (χ4v) is 4.24. The molecule has 0 radical (unpaired) electrons. The number of ether oxygens (including phenoxy) is 1. The number of benzene rings is 1. The first-order valence-corrected chi connectivity index (χ1v) is 9.35. The number of aromatic hydroxyl groups is 1. The molecule has 0 spiro atoms. The Balaban J connectivity index is 2.24. The van der Waals surface area contributed by atoms with Crippen LogP contribution in [0.1, 0.15) is 16.1 Å². The lowest BCUT2D eigenvalue weighted by Gasteiger charge is -2.10. The summed E-state index contributed by atoms with van der Waals surface area (Å²) in [6.45, 7) is 0.464. The molecule has 0 amide bonds. The van der Waals surface area contributed by atoms with Gasteiger partial charge in [0.2, 0.25) is 0 Å². The number of carboxylic acid groups (broad SMARTS) is 1. The summed E-state index contributed by atoms with van der Waals surface area (Å²) < 4.78 is 8.65. The van der Waals surface area contributed by atoms with E-state index in [4.69, 9.17) is 4.74 Å². The fraction of sp³-hybridized carbons (Fsp3) is 0.125. The Kier molecular flexibility index (Phi) is 5.08. The summed E-state index contributed by atoms with van der Waals surface area (Å²) in [6, 6.07) is 7.58. The summed E-state index contributed by atoms with van der Waals surface area (Å²) >= 11 is 10.2. The van der Waals surface area contributed by atoms with E-state index in [0.717, 1.165) is 11.3 Å². The van der Waals surface area contributed by atoms with Gasteiger partial charge < -0.3 is 19.5 Å². The standard InChI is InChI=1S/C16H11Br3N2O4/c1-25-8-4-2-3-7(5-8)6-21-12-9(10(17)15(21)19)13(22)11(16(23)24)20-14(12)18/h2-5,22H,6H2,1H3,(H,23,24). The van der Waals surface area contributed by atoms with Gasteiger partial charge in [-0.1, -0.05) is 12.1 Å². The molecular weight excluding hydrogens is 524 g/mol. The highest BCUT2D eigenvalue weighted by atomic mass is 79.9. The number of methoxy groups -OCH3 is 1. The Hall–Kier alpha value is -1.58. The zero-order valence-electron chi connectivity index (χ0n) is 12.8. The van der Waals surface area contributed by atoms with Crippen LogP contribution in [0.25, 0.3) is 10.9 Å². The van der Waals surface area contributed by atoms with E-state index >= 15 is 0 Å². The molecule has 9 heteroatoms. The quantitative estimate of drug-likeness (QED) is 0.470. The van der Waals surface area contributed by atoms with E-state index in [-0.39, 0.29) is 5.75 Å². The Bertz CT molecular complexity index is 1000. The molecule has 1 aromatic carbocycles. The molecule has 0 saturated carbocycles. The first-order valence-electron chi connectivity index (χ1n) is 6.97. The highest BCUT2D eigenvalue weighted by Crippen LogP contribution is 2.43. The molecule has 0 fully saturated rings. The molecule has 0 unspecified atom stereocenters. The maximum atomic E-state index is 11.3. The number of carbonyl (C=O) groups is 1. The van der Waals surface area contributed by atoms with E-state index in [1.165, 1.54) is 0 Å². The molecule has 3 rings (SSSR count). The van der Waals surface area contributed by atoms with Crippen LogP contribution in [0.5, 0.6) is 11.5 Å². The van der Waals surface area contributed by atoms with Gasteiger partial charge in [-0.05, 0) is 65.5 Å². The van der Waals surface area contributed by atoms with Gasteiger partial charge in [0.05, 0.1) is 22.5 Å². The summed E-state index contributed by atoms with van der Waals surface area (Å²) in [6.07, 6.45) is 0. The Labute approximate surface area is 167 Å². The summed E-state index contributed by atoms with van der Waals surface area (Å²) in [5, 5.41) is 20.0. The number of halogens is 3. The maximum absolute atomic E-state index is 11.3. The lowest BCUT2D eigenvalue weighted by Crippen LogP contribution is -2.04. The zero-order valence-corrected chi connectivity index (χ0v) is 17.5. The minimum Gasteiger partial charge on any atom is -0.505 e. The summed E-state index contributed by atoms with van der Waals surface area (Å²) in [7, 11) is 1.60. The van der Waals surface area contributed by atoms with E-state index in [2.05, 4.69) is 52.8 Å². The number of nitrogens with zero attached hydrogens (tertiary/aromatic N) is 2. The van der Waals surface area contributed by atoms with Gasteiger partial charge >= 0.3 is 5.97 Å². The minimum absolute atomic E-state index is 0.326. The molecule has 0 bridgehead atoms. The SMILES string of the molecule is COc1cccc(Cn2c(Br)c(Br)c3c(O)c(C(=O)O)nc(Br)c32)c1. The summed E-state index contributed by atoms with van der Waals surface area (Å²) in [5.74, 6) is -0.955. The van der Waals surface area contributed by atoms with Crippen molar-refractivity contribution in [2.24, 2.45) is 0 Å². The van der Waals surface area contributed by atoms with Crippen molar-refractivity contribution >= 4 is 64.7 Å². The van der Waals surface area contributed by atoms with Crippen molar-refractivity contribution in [3.63, 3.8) is 0 Å². The first-order chi connectivity index (χ1) is 11.8. The zero-order chi connectivity index (χ0) is 18.3. The van der Waals surface area contributed by atoms with Crippen molar-refractivity contribution < 1.29 is 19.7 Å². The molecule has 0 saturated heterocycles. The lowest BCUT2D eigenvalue weighted by molar-refractivity contribution is 0.0687. The topological polar surface area (TPSA) is 84.6 Å². The highest BCUT2D eigenvalue weighted by molar-refractivity contribution is 9.13. The van der Waals surface area contributed by atoms with Crippen molar-refractivity contribution in [1.29, 1.82) is 0 Å². The number of hydrogen-bond acceptors (Lipinski definition) is 4. The molecule has 130 valence electrons. The van der Waals surface area contributed by atoms with Crippen molar-refractivity contribution in [3.05, 3.63) is 49.2 Å². The number of hydrogen-bond donors (Lipinski definition) is 2. The van der Waals surface area contributed by atoms with Gasteiger partial charge in [-0.15, -0.1) is 0 Å². The van der Waals surface area contributed by atoms with Crippen LogP contribution in [-0.4, -0.2) is 32.8 Å². The van der Waals surface area contributed by atoms with Crippen molar-refractivity contribution in [1.82, 2.24) is 9.55 Å². The van der Waals surface area contributed by atoms with Crippen molar-refractivity contribution in [3.8, 4) is 11.5 Å². The van der Waals surface area contributed by atoms with Crippen LogP contribution in [0.2, 0.25) is 0 Å². The molecule has 3 aromatic rings. The Morgan fingerprint density at radius 1 is 1.32 bits per heavy atom. The minimum atomic E-state index is -1.30. The van der Waals surface area contributed by atoms with Crippen LogP contribution >= 0.6 is 47.8 Å². The third kappa shape index (κ3) is 3.16. The molecule has 2 aromatic heterocycles. The van der Waals surface area contributed by atoms with Crippen molar-refractivity contribution in [2.75, 3.05) is 7.11 Å². The average molecular weight is 535 g/mol. The molecule has 0 aliphatic carbocycles. The van der Waals surface area contributed by atoms with Gasteiger partial charge in [0, 0.05) is 6.54 Å². The number of carboxylic acids is 1. The van der Waals surface area contributed by atoms with Gasteiger partial charge in [0.25, 0.3) is 0 Å². The van der Waals surface area contributed by atoms with Crippen LogP contribution in [0.3, 0.4) is 0 Å². The molecule has 2 heterocycles. The van der Waals surface area contributed by atoms with Crippen LogP contribution in [0, 0.1) is 0 Å². The van der Waals surface area contributed by atoms with Crippen LogP contribution in [0.4, 0.5) is 0 Å². The molecule has 0 aliphatic heterocycles. The predicted molar refractivity (Wildman–Crippen MR) is 104 cm³/mol. The third-order valence-electron chi connectivity index (χ3n) is 3.69. The monoisotopic (exact) mass is 532 g/mol. The van der Waals surface area contributed by atoms with Crippen LogP contribution in [-0.2, 0) is 6.54 Å². The number of pyridine rings is 1. The van der Waals surface area contributed by atoms with Crippen LogP contribution in [0.15, 0.2) is 37.9 Å². The lowest BCUT2D eigenvalue weighted by atomic mass is 10.2. The first kappa shape index (κ1) is 18.2. The summed E-state index contributed by atoms with van der Waals surface area (Å²) in [4.78, 5) is 15.3. The number of fused-ring (bicyclic) bond motifs is 1. The Morgan fingerprint density at radius 3 is 2.68 bits per heavy atom. The predicted octanol–water partition coefficient (Wildman–Crippen LogP) is 4.78. The van der Waals surface area contributed by atoms with E-state index in [9.17, 15) is 15.0 Å². The Morgan fingerprint density at radius 2 is 2.04 bits per heavy atom. The smallest absolute Gasteiger partial charge is 0.358 e. The van der Waals surface area contributed by atoms with Crippen LogP contribution < -0.4 is 4.74 Å². The number of aromatic carboxylic acids is 1. The highest BCUT2D eigenvalue weighted by Gasteiger charge is 2.25. The second-order valence-electron chi connectivity index (χ2n) is 5.17.